The second-order valence-electron chi connectivity index (χ2n) is 6.87. The van der Waals surface area contributed by atoms with Crippen LogP contribution in [0.5, 0.6) is 11.5 Å². The third kappa shape index (κ3) is 7.71. The van der Waals surface area contributed by atoms with Crippen LogP contribution in [0.1, 0.15) is 0 Å². The van der Waals surface area contributed by atoms with Gasteiger partial charge in [-0.25, -0.2) is 0 Å². The number of hydrogen-bond donors (Lipinski definition) is 0. The fourth-order valence-electron chi connectivity index (χ4n) is 3.13. The van der Waals surface area contributed by atoms with Crippen molar-refractivity contribution in [1.82, 2.24) is 18.4 Å². The summed E-state index contributed by atoms with van der Waals surface area (Å²) in [6, 6.07) is 18.2. The van der Waals surface area contributed by atoms with E-state index in [1.54, 1.807) is 24.3 Å². The molecule has 0 aromatic heterocycles. The van der Waals surface area contributed by atoms with Crippen molar-refractivity contribution in [2.45, 2.75) is 0 Å². The van der Waals surface area contributed by atoms with Gasteiger partial charge in [0, 0.05) is 28.4 Å². The second-order valence-corrected chi connectivity index (χ2v) is 16.6. The van der Waals surface area contributed by atoms with Gasteiger partial charge >= 0.3 is 7.66 Å². The van der Waals surface area contributed by atoms with Crippen molar-refractivity contribution < 1.29 is 46.5 Å². The first-order valence-corrected chi connectivity index (χ1v) is 17.5. The molecule has 0 fully saturated rings. The van der Waals surface area contributed by atoms with Gasteiger partial charge in [0.25, 0.3) is 33.8 Å². The van der Waals surface area contributed by atoms with Gasteiger partial charge in [0.1, 0.15) is 11.5 Å². The molecule has 0 saturated heterocycles. The Morgan fingerprint density at radius 2 is 0.950 bits per heavy atom. The molecule has 4 unspecified atom stereocenters. The minimum atomic E-state index is -3.76. The standard InChI is InChI=1S/C20H34N5O10P5/c1-26-22-36(30-5)21-40(34-19-15-11-9-12-16-19,35-20-17-13-10-14-18-20)25(29-4)39(33-8)24(28-3)38(32-7)23(27-2)37(22)31-6/h9-18H,1-8H3. The molecule has 0 aliphatic carbocycles. The molecule has 0 amide bonds. The normalized spacial score (nSPS) is 25.3. The molecule has 40 heavy (non-hydrogen) atoms. The zero-order chi connectivity index (χ0) is 29.1. The molecule has 0 spiro atoms. The summed E-state index contributed by atoms with van der Waals surface area (Å²) in [5, 5.41) is 0. The van der Waals surface area contributed by atoms with Crippen LogP contribution in [0.3, 0.4) is 0 Å². The van der Waals surface area contributed by atoms with Crippen LogP contribution >= 0.6 is 41.5 Å². The van der Waals surface area contributed by atoms with Crippen molar-refractivity contribution in [3.05, 3.63) is 60.7 Å². The largest absolute Gasteiger partial charge is 0.435 e. The summed E-state index contributed by atoms with van der Waals surface area (Å²) in [7, 11) is 0.260. The highest BCUT2D eigenvalue weighted by molar-refractivity contribution is 7.78. The maximum Gasteiger partial charge on any atom is 0.435 e. The highest BCUT2D eigenvalue weighted by Gasteiger charge is 2.54. The zero-order valence-corrected chi connectivity index (χ0v) is 27.8. The average molecular weight is 659 g/mol. The molecule has 2 aromatic carbocycles. The summed E-state index contributed by atoms with van der Waals surface area (Å²) < 4.78 is 47.7. The van der Waals surface area contributed by atoms with Crippen molar-refractivity contribution in [1.29, 1.82) is 0 Å². The molecular formula is C20H34N5O10P5. The SMILES string of the molecule is CON1P(OC)N=P(Oc2ccccc2)(Oc2ccccc2)N(OC)P(OC)N(OC)P(OC)N(OC)P1OC. The first-order chi connectivity index (χ1) is 19.5. The second kappa shape index (κ2) is 17.0. The maximum absolute atomic E-state index is 6.64. The first kappa shape index (κ1) is 34.0. The van der Waals surface area contributed by atoms with Crippen LogP contribution in [-0.2, 0) is 37.4 Å². The van der Waals surface area contributed by atoms with Crippen LogP contribution in [0.15, 0.2) is 65.2 Å². The van der Waals surface area contributed by atoms with Crippen molar-refractivity contribution in [3.63, 3.8) is 0 Å². The molecule has 4 atom stereocenters. The zero-order valence-electron chi connectivity index (χ0n) is 23.3. The van der Waals surface area contributed by atoms with Gasteiger partial charge in [-0.1, -0.05) is 50.2 Å². The van der Waals surface area contributed by atoms with Crippen LogP contribution in [0.4, 0.5) is 0 Å². The molecule has 2 aromatic rings. The van der Waals surface area contributed by atoms with E-state index >= 15 is 0 Å². The first-order valence-electron chi connectivity index (χ1n) is 11.3. The number of rotatable bonds is 12. The molecule has 20 heteroatoms. The molecule has 1 aliphatic heterocycles. The van der Waals surface area contributed by atoms with Gasteiger partial charge in [-0.2, -0.15) is 0 Å². The van der Waals surface area contributed by atoms with Crippen molar-refractivity contribution in [2.24, 2.45) is 4.52 Å². The Morgan fingerprint density at radius 1 is 0.525 bits per heavy atom. The monoisotopic (exact) mass is 659 g/mol. The van der Waals surface area contributed by atoms with Gasteiger partial charge in [0.05, 0.1) is 28.4 Å². The van der Waals surface area contributed by atoms with Gasteiger partial charge in [-0.3, -0.25) is 19.4 Å². The van der Waals surface area contributed by atoms with Gasteiger partial charge in [-0.05, 0) is 28.9 Å². The van der Waals surface area contributed by atoms with E-state index < -0.39 is 41.5 Å². The summed E-state index contributed by atoms with van der Waals surface area (Å²) in [6.07, 6.45) is 0. The van der Waals surface area contributed by atoms with Gasteiger partial charge in [-0.15, -0.1) is 4.52 Å². The lowest BCUT2D eigenvalue weighted by Gasteiger charge is -2.45. The molecule has 1 aliphatic rings. The Hall–Kier alpha value is -0.490. The number of hydrogen-bond acceptors (Lipinski definition) is 15. The van der Waals surface area contributed by atoms with Crippen LogP contribution in [0, 0.1) is 0 Å². The van der Waals surface area contributed by atoms with Crippen LogP contribution in [0.25, 0.3) is 0 Å². The van der Waals surface area contributed by atoms with E-state index in [1.165, 1.54) is 75.3 Å². The Labute approximate surface area is 239 Å². The molecule has 0 N–H and O–H groups in total. The van der Waals surface area contributed by atoms with E-state index in [4.69, 9.17) is 51.0 Å². The van der Waals surface area contributed by atoms with Crippen LogP contribution < -0.4 is 9.05 Å². The number of nitrogens with zero attached hydrogens (tertiary/aromatic N) is 5. The molecule has 0 bridgehead atoms. The Bertz CT molecular complexity index is 1030. The predicted octanol–water partition coefficient (Wildman–Crippen LogP) is 7.05. The summed E-state index contributed by atoms with van der Waals surface area (Å²) >= 11 is 0. The maximum atomic E-state index is 6.64. The summed E-state index contributed by atoms with van der Waals surface area (Å²) in [6.45, 7) is 0. The molecule has 3 rings (SSSR count). The lowest BCUT2D eigenvalue weighted by molar-refractivity contribution is -0.0632. The fraction of sp³-hybridized carbons (Fsp3) is 0.400. The molecule has 15 nitrogen and oxygen atoms in total. The predicted molar refractivity (Wildman–Crippen MR) is 155 cm³/mol. The van der Waals surface area contributed by atoms with Crippen LogP contribution in [0.2, 0.25) is 0 Å². The van der Waals surface area contributed by atoms with Crippen LogP contribution in [-0.4, -0.2) is 75.3 Å². The highest BCUT2D eigenvalue weighted by Crippen LogP contribution is 2.78. The minimum absolute atomic E-state index is 0.459. The van der Waals surface area contributed by atoms with Crippen molar-refractivity contribution in [2.75, 3.05) is 56.9 Å². The lowest BCUT2D eigenvalue weighted by Crippen LogP contribution is -2.33. The molecule has 224 valence electrons. The summed E-state index contributed by atoms with van der Waals surface area (Å²) in [4.78, 5) is 23.3. The number of benzene rings is 2. The Morgan fingerprint density at radius 3 is 1.32 bits per heavy atom. The van der Waals surface area contributed by atoms with E-state index in [0.29, 0.717) is 11.5 Å². The van der Waals surface area contributed by atoms with E-state index in [9.17, 15) is 0 Å². The van der Waals surface area contributed by atoms with E-state index in [1.807, 2.05) is 36.4 Å². The minimum Gasteiger partial charge on any atom is -0.417 e. The topological polar surface area (TPSA) is 118 Å². The van der Waals surface area contributed by atoms with Crippen molar-refractivity contribution in [3.8, 4) is 11.5 Å². The smallest absolute Gasteiger partial charge is 0.417 e. The Balaban J connectivity index is 2.41. The Kier molecular flexibility index (Phi) is 14.4. The average Bonchev–Trinajstić information content (AvgIpc) is 2.99. The third-order valence-corrected chi connectivity index (χ3v) is 16.1. The van der Waals surface area contributed by atoms with Gasteiger partial charge in [0.2, 0.25) is 0 Å². The lowest BCUT2D eigenvalue weighted by atomic mass is 10.3. The van der Waals surface area contributed by atoms with E-state index in [2.05, 4.69) is 0 Å². The molecular weight excluding hydrogens is 625 g/mol. The van der Waals surface area contributed by atoms with Gasteiger partial charge < -0.3 is 27.1 Å². The fourth-order valence-corrected chi connectivity index (χ4v) is 15.2. The molecule has 0 radical (unpaired) electrons. The van der Waals surface area contributed by atoms with Gasteiger partial charge in [0.15, 0.2) is 0 Å². The number of para-hydroxylation sites is 2. The summed E-state index contributed by atoms with van der Waals surface area (Å²) in [5.41, 5.74) is 0. The summed E-state index contributed by atoms with van der Waals surface area (Å²) in [5.74, 6) is 0.919. The molecule has 0 saturated carbocycles. The quantitative estimate of drug-likeness (QED) is 0.217. The van der Waals surface area contributed by atoms with Crippen molar-refractivity contribution >= 4 is 41.5 Å². The third-order valence-electron chi connectivity index (χ3n) is 4.67. The molecule has 1 heterocycles. The van der Waals surface area contributed by atoms with E-state index in [-0.39, 0.29) is 0 Å². The highest BCUT2D eigenvalue weighted by atomic mass is 31.3. The van der Waals surface area contributed by atoms with E-state index in [0.717, 1.165) is 0 Å².